The van der Waals surface area contributed by atoms with Crippen molar-refractivity contribution in [1.29, 1.82) is 0 Å². The minimum Gasteiger partial charge on any atom is -0.495 e. The second-order valence-electron chi connectivity index (χ2n) is 6.70. The van der Waals surface area contributed by atoms with Crippen LogP contribution in [0.4, 0.5) is 15.8 Å². The Balaban J connectivity index is 1.58. The van der Waals surface area contributed by atoms with Crippen LogP contribution in [0, 0.1) is 5.82 Å². The van der Waals surface area contributed by atoms with Crippen LogP contribution < -0.4 is 19.4 Å². The summed E-state index contributed by atoms with van der Waals surface area (Å²) < 4.78 is 18.6. The van der Waals surface area contributed by atoms with E-state index >= 15 is 0 Å². The third kappa shape index (κ3) is 4.57. The molecule has 1 fully saturated rings. The van der Waals surface area contributed by atoms with Crippen molar-refractivity contribution >= 4 is 17.3 Å². The highest BCUT2D eigenvalue weighted by Gasteiger charge is 2.26. The second-order valence-corrected chi connectivity index (χ2v) is 6.70. The van der Waals surface area contributed by atoms with Gasteiger partial charge >= 0.3 is 0 Å². The Morgan fingerprint density at radius 3 is 2.44 bits per heavy atom. The summed E-state index contributed by atoms with van der Waals surface area (Å²) in [7, 11) is 1.69. The van der Waals surface area contributed by atoms with Gasteiger partial charge in [0, 0.05) is 12.2 Å². The molecule has 1 heterocycles. The average Bonchev–Trinajstić information content (AvgIpc) is 2.70. The molecule has 0 unspecified atom stereocenters. The van der Waals surface area contributed by atoms with Crippen molar-refractivity contribution in [3.05, 3.63) is 54.3 Å². The molecular formula is C21H27FN3O2+. The number of rotatable bonds is 6. The maximum atomic E-state index is 13.1. The van der Waals surface area contributed by atoms with E-state index in [9.17, 15) is 9.18 Å². The molecule has 1 aliphatic heterocycles. The maximum absolute atomic E-state index is 13.1. The molecule has 27 heavy (non-hydrogen) atoms. The number of quaternary nitrogens is 1. The van der Waals surface area contributed by atoms with Crippen molar-refractivity contribution in [1.82, 2.24) is 0 Å². The summed E-state index contributed by atoms with van der Waals surface area (Å²) in [6.07, 6.45) is 0. The number of carbonyl (C=O) groups excluding carboxylic acids is 1. The standard InChI is InChI=1S/C21H26FN3O2/c1-3-25(18-10-8-17(22)9-11-18)21(26)16-23-12-14-24(15-13-23)19-6-4-5-7-20(19)27-2/h4-11H,3,12-16H2,1-2H3/p+1. The van der Waals surface area contributed by atoms with Gasteiger partial charge in [-0.25, -0.2) is 4.39 Å². The summed E-state index contributed by atoms with van der Waals surface area (Å²) in [4.78, 5) is 18.1. The van der Waals surface area contributed by atoms with Crippen LogP contribution in [-0.2, 0) is 4.79 Å². The molecular weight excluding hydrogens is 345 g/mol. The zero-order chi connectivity index (χ0) is 19.2. The number of ether oxygens (including phenoxy) is 1. The van der Waals surface area contributed by atoms with Crippen molar-refractivity contribution in [3.8, 4) is 5.75 Å². The van der Waals surface area contributed by atoms with Crippen LogP contribution in [0.2, 0.25) is 0 Å². The van der Waals surface area contributed by atoms with Gasteiger partial charge in [-0.1, -0.05) is 12.1 Å². The Hall–Kier alpha value is -2.60. The normalized spacial score (nSPS) is 14.9. The lowest BCUT2D eigenvalue weighted by molar-refractivity contribution is -0.892. The van der Waals surface area contributed by atoms with Gasteiger partial charge in [-0.3, -0.25) is 4.79 Å². The summed E-state index contributed by atoms with van der Waals surface area (Å²) in [5.74, 6) is 0.663. The molecule has 0 atom stereocenters. The fraction of sp³-hybridized carbons (Fsp3) is 0.381. The highest BCUT2D eigenvalue weighted by Crippen LogP contribution is 2.27. The Kier molecular flexibility index (Phi) is 6.29. The number of methoxy groups -OCH3 is 1. The quantitative estimate of drug-likeness (QED) is 0.837. The SMILES string of the molecule is CCN(C(=O)C[NH+]1CCN(c2ccccc2OC)CC1)c1ccc(F)cc1. The number of piperazine rings is 1. The van der Waals surface area contributed by atoms with E-state index in [0.29, 0.717) is 13.1 Å². The molecule has 0 spiro atoms. The topological polar surface area (TPSA) is 37.2 Å². The van der Waals surface area contributed by atoms with E-state index in [-0.39, 0.29) is 11.7 Å². The van der Waals surface area contributed by atoms with E-state index in [1.54, 1.807) is 24.1 Å². The molecule has 1 amide bonds. The number of nitrogens with zero attached hydrogens (tertiary/aromatic N) is 2. The van der Waals surface area contributed by atoms with Gasteiger partial charge in [0.15, 0.2) is 6.54 Å². The fourth-order valence-corrected chi connectivity index (χ4v) is 3.56. The number of halogens is 1. The molecule has 2 aromatic carbocycles. The van der Waals surface area contributed by atoms with Gasteiger partial charge in [0.2, 0.25) is 0 Å². The molecule has 5 nitrogen and oxygen atoms in total. The van der Waals surface area contributed by atoms with Crippen LogP contribution in [0.1, 0.15) is 6.92 Å². The number of carbonyl (C=O) groups is 1. The van der Waals surface area contributed by atoms with Gasteiger partial charge < -0.3 is 19.4 Å². The maximum Gasteiger partial charge on any atom is 0.282 e. The molecule has 0 bridgehead atoms. The van der Waals surface area contributed by atoms with Gasteiger partial charge in [-0.15, -0.1) is 0 Å². The van der Waals surface area contributed by atoms with Crippen LogP contribution in [0.3, 0.4) is 0 Å². The summed E-state index contributed by atoms with van der Waals surface area (Å²) in [5.41, 5.74) is 1.85. The van der Waals surface area contributed by atoms with E-state index < -0.39 is 0 Å². The number of para-hydroxylation sites is 2. The largest absolute Gasteiger partial charge is 0.495 e. The number of hydrogen-bond acceptors (Lipinski definition) is 3. The number of likely N-dealkylation sites (N-methyl/N-ethyl adjacent to an activating group) is 1. The predicted octanol–water partition coefficient (Wildman–Crippen LogP) is 1.59. The number of anilines is 2. The first-order chi connectivity index (χ1) is 13.1. The molecule has 0 aromatic heterocycles. The summed E-state index contributed by atoms with van der Waals surface area (Å²) >= 11 is 0. The first-order valence-corrected chi connectivity index (χ1v) is 9.40. The Morgan fingerprint density at radius 2 is 1.81 bits per heavy atom. The van der Waals surface area contributed by atoms with Crippen molar-refractivity contribution in [2.24, 2.45) is 0 Å². The number of hydrogen-bond donors (Lipinski definition) is 1. The van der Waals surface area contributed by atoms with E-state index in [1.807, 2.05) is 25.1 Å². The Bertz CT molecular complexity index is 758. The second kappa shape index (κ2) is 8.86. The molecule has 1 N–H and O–H groups in total. The zero-order valence-corrected chi connectivity index (χ0v) is 16.0. The van der Waals surface area contributed by atoms with Crippen LogP contribution in [0.25, 0.3) is 0 Å². The number of amides is 1. The lowest BCUT2D eigenvalue weighted by atomic mass is 10.2. The van der Waals surface area contributed by atoms with E-state index in [1.165, 1.54) is 17.0 Å². The molecule has 0 saturated carbocycles. The molecule has 0 radical (unpaired) electrons. The van der Waals surface area contributed by atoms with Gasteiger partial charge in [0.05, 0.1) is 39.0 Å². The van der Waals surface area contributed by atoms with E-state index in [4.69, 9.17) is 4.74 Å². The fourth-order valence-electron chi connectivity index (χ4n) is 3.56. The number of benzene rings is 2. The van der Waals surface area contributed by atoms with Gasteiger partial charge in [-0.2, -0.15) is 0 Å². The monoisotopic (exact) mass is 372 g/mol. The highest BCUT2D eigenvalue weighted by atomic mass is 19.1. The van der Waals surface area contributed by atoms with Crippen LogP contribution in [0.15, 0.2) is 48.5 Å². The molecule has 0 aliphatic carbocycles. The average molecular weight is 372 g/mol. The number of nitrogens with one attached hydrogen (secondary N) is 1. The molecule has 1 aliphatic rings. The highest BCUT2D eigenvalue weighted by molar-refractivity contribution is 5.93. The molecule has 1 saturated heterocycles. The summed E-state index contributed by atoms with van der Waals surface area (Å²) in [6, 6.07) is 14.1. The third-order valence-corrected chi connectivity index (χ3v) is 5.05. The third-order valence-electron chi connectivity index (χ3n) is 5.05. The van der Waals surface area contributed by atoms with Crippen molar-refractivity contribution < 1.29 is 18.8 Å². The molecule has 2 aromatic rings. The van der Waals surface area contributed by atoms with Crippen molar-refractivity contribution in [2.75, 3.05) is 56.2 Å². The molecule has 3 rings (SSSR count). The smallest absolute Gasteiger partial charge is 0.282 e. The van der Waals surface area contributed by atoms with Crippen molar-refractivity contribution in [2.45, 2.75) is 6.92 Å². The lowest BCUT2D eigenvalue weighted by Gasteiger charge is -2.34. The minimum atomic E-state index is -0.291. The Labute approximate surface area is 159 Å². The lowest BCUT2D eigenvalue weighted by Crippen LogP contribution is -3.16. The summed E-state index contributed by atoms with van der Waals surface area (Å²) in [6.45, 7) is 6.51. The van der Waals surface area contributed by atoms with Crippen molar-refractivity contribution in [3.63, 3.8) is 0 Å². The minimum absolute atomic E-state index is 0.0739. The van der Waals surface area contributed by atoms with Gasteiger partial charge in [0.1, 0.15) is 11.6 Å². The van der Waals surface area contributed by atoms with Crippen LogP contribution in [-0.4, -0.2) is 52.3 Å². The summed E-state index contributed by atoms with van der Waals surface area (Å²) in [5, 5.41) is 0. The molecule has 144 valence electrons. The van der Waals surface area contributed by atoms with Gasteiger partial charge in [0.25, 0.3) is 5.91 Å². The first kappa shape index (κ1) is 19.2. The van der Waals surface area contributed by atoms with Crippen LogP contribution in [0.5, 0.6) is 5.75 Å². The zero-order valence-electron chi connectivity index (χ0n) is 16.0. The van der Waals surface area contributed by atoms with E-state index in [0.717, 1.165) is 43.3 Å². The Morgan fingerprint density at radius 1 is 1.15 bits per heavy atom. The first-order valence-electron chi connectivity index (χ1n) is 9.40. The predicted molar refractivity (Wildman–Crippen MR) is 105 cm³/mol. The van der Waals surface area contributed by atoms with E-state index in [2.05, 4.69) is 11.0 Å². The van der Waals surface area contributed by atoms with Gasteiger partial charge in [-0.05, 0) is 43.3 Å². The van der Waals surface area contributed by atoms with Crippen LogP contribution >= 0.6 is 0 Å². The molecule has 6 heteroatoms.